The molecule has 158 valence electrons. The van der Waals surface area contributed by atoms with Gasteiger partial charge in [-0.05, 0) is 54.8 Å². The molecule has 0 saturated carbocycles. The lowest BCUT2D eigenvalue weighted by molar-refractivity contribution is 0.421. The molecule has 1 aliphatic rings. The average Bonchev–Trinajstić information content (AvgIpc) is 3.38. The van der Waals surface area contributed by atoms with E-state index < -0.39 is 21.1 Å². The van der Waals surface area contributed by atoms with Crippen molar-refractivity contribution in [3.8, 4) is 11.6 Å². The zero-order valence-electron chi connectivity index (χ0n) is 16.9. The van der Waals surface area contributed by atoms with Crippen LogP contribution in [0.25, 0.3) is 5.69 Å². The average molecular weight is 429 g/mol. The van der Waals surface area contributed by atoms with E-state index in [0.29, 0.717) is 24.5 Å². The van der Waals surface area contributed by atoms with E-state index in [0.717, 1.165) is 23.0 Å². The number of pyridine rings is 1. The van der Waals surface area contributed by atoms with Crippen molar-refractivity contribution >= 4 is 10.0 Å². The summed E-state index contributed by atoms with van der Waals surface area (Å²) in [4.78, 5) is 19.6. The van der Waals surface area contributed by atoms with E-state index in [4.69, 9.17) is 0 Å². The summed E-state index contributed by atoms with van der Waals surface area (Å²) in [5.74, 6) is -0.211. The first-order valence-electron chi connectivity index (χ1n) is 9.78. The quantitative estimate of drug-likeness (QED) is 0.649. The fourth-order valence-electron chi connectivity index (χ4n) is 3.86. The van der Waals surface area contributed by atoms with Crippen LogP contribution in [0.3, 0.4) is 0 Å². The van der Waals surface area contributed by atoms with Gasteiger partial charge in [0.15, 0.2) is 0 Å². The van der Waals surface area contributed by atoms with Crippen LogP contribution in [-0.4, -0.2) is 45.5 Å². The van der Waals surface area contributed by atoms with Crippen LogP contribution in [0.1, 0.15) is 37.9 Å². The van der Waals surface area contributed by atoms with Crippen LogP contribution >= 0.6 is 0 Å². The van der Waals surface area contributed by atoms with Crippen LogP contribution in [0.4, 0.5) is 0 Å². The monoisotopic (exact) mass is 428 g/mol. The molecule has 1 aromatic carbocycles. The third-order valence-electron chi connectivity index (χ3n) is 5.70. The summed E-state index contributed by atoms with van der Waals surface area (Å²) >= 11 is 0. The van der Waals surface area contributed by atoms with Gasteiger partial charge in [-0.1, -0.05) is 13.8 Å². The van der Waals surface area contributed by atoms with Gasteiger partial charge < -0.3 is 10.1 Å². The third kappa shape index (κ3) is 3.33. The Kier molecular flexibility index (Phi) is 5.03. The summed E-state index contributed by atoms with van der Waals surface area (Å²) in [5, 5.41) is 10.9. The lowest BCUT2D eigenvalue weighted by Crippen LogP contribution is -2.27. The van der Waals surface area contributed by atoms with Gasteiger partial charge in [0.2, 0.25) is 15.9 Å². The van der Waals surface area contributed by atoms with E-state index in [9.17, 15) is 18.3 Å². The fraction of sp³-hybridized carbons (Fsp3) is 0.333. The number of hydrogen-bond acceptors (Lipinski definition) is 5. The molecule has 2 aromatic heterocycles. The summed E-state index contributed by atoms with van der Waals surface area (Å²) in [6.45, 7) is 4.83. The van der Waals surface area contributed by atoms with Crippen LogP contribution in [-0.2, 0) is 15.4 Å². The maximum absolute atomic E-state index is 12.7. The number of sulfonamides is 1. The number of H-pyrrole nitrogens is 1. The molecule has 1 aliphatic heterocycles. The molecule has 0 spiro atoms. The zero-order valence-corrected chi connectivity index (χ0v) is 17.7. The van der Waals surface area contributed by atoms with Crippen molar-refractivity contribution in [3.05, 3.63) is 70.5 Å². The van der Waals surface area contributed by atoms with Gasteiger partial charge in [0, 0.05) is 30.9 Å². The van der Waals surface area contributed by atoms with Crippen LogP contribution in [0.5, 0.6) is 5.88 Å². The minimum Gasteiger partial charge on any atom is -0.493 e. The SMILES string of the molecule is CC(C)(c1ccncc1)c1[nH]c(=O)n(-c2ccc(S(=O)(=O)N3CCCC3)cc2)c1O. The molecule has 1 saturated heterocycles. The molecule has 0 radical (unpaired) electrons. The number of aromatic nitrogens is 3. The molecule has 2 N–H and O–H groups in total. The first-order chi connectivity index (χ1) is 14.2. The standard InChI is InChI=1S/C21H24N4O4S/c1-21(2,15-9-11-22-12-10-15)18-19(26)25(20(27)23-18)16-5-7-17(8-6-16)30(28,29)24-13-3-4-14-24/h5-12,26H,3-4,13-14H2,1-2H3,(H,23,27). The predicted octanol–water partition coefficient (Wildman–Crippen LogP) is 2.38. The number of rotatable bonds is 5. The Morgan fingerprint density at radius 2 is 1.63 bits per heavy atom. The summed E-state index contributed by atoms with van der Waals surface area (Å²) in [6, 6.07) is 9.65. The van der Waals surface area contributed by atoms with Gasteiger partial charge in [0.1, 0.15) is 0 Å². The largest absolute Gasteiger partial charge is 0.493 e. The second kappa shape index (κ2) is 7.41. The predicted molar refractivity (Wildman–Crippen MR) is 112 cm³/mol. The fourth-order valence-corrected chi connectivity index (χ4v) is 5.38. The smallest absolute Gasteiger partial charge is 0.333 e. The summed E-state index contributed by atoms with van der Waals surface area (Å²) in [6.07, 6.45) is 5.03. The number of aromatic amines is 1. The van der Waals surface area contributed by atoms with Crippen LogP contribution < -0.4 is 5.69 Å². The highest BCUT2D eigenvalue weighted by atomic mass is 32.2. The maximum Gasteiger partial charge on any atom is 0.333 e. The lowest BCUT2D eigenvalue weighted by atomic mass is 9.82. The molecule has 0 unspecified atom stereocenters. The summed E-state index contributed by atoms with van der Waals surface area (Å²) in [7, 11) is -3.54. The highest BCUT2D eigenvalue weighted by molar-refractivity contribution is 7.89. The van der Waals surface area contributed by atoms with Crippen LogP contribution in [0, 0.1) is 0 Å². The topological polar surface area (TPSA) is 108 Å². The Balaban J connectivity index is 1.71. The number of nitrogens with zero attached hydrogens (tertiary/aromatic N) is 3. The summed E-state index contributed by atoms with van der Waals surface area (Å²) < 4.78 is 28.0. The molecule has 1 fully saturated rings. The number of nitrogens with one attached hydrogen (secondary N) is 1. The highest BCUT2D eigenvalue weighted by Crippen LogP contribution is 2.35. The number of benzene rings is 1. The second-order valence-electron chi connectivity index (χ2n) is 7.93. The Hall–Kier alpha value is -2.91. The second-order valence-corrected chi connectivity index (χ2v) is 9.87. The van der Waals surface area contributed by atoms with Crippen molar-refractivity contribution in [1.82, 2.24) is 18.8 Å². The van der Waals surface area contributed by atoms with Crippen molar-refractivity contribution in [2.75, 3.05) is 13.1 Å². The van der Waals surface area contributed by atoms with Crippen LogP contribution in [0.15, 0.2) is 58.5 Å². The Bertz CT molecular complexity index is 1210. The molecule has 0 aliphatic carbocycles. The minimum absolute atomic E-state index is 0.175. The number of hydrogen-bond donors (Lipinski definition) is 2. The van der Waals surface area contributed by atoms with Gasteiger partial charge in [-0.25, -0.2) is 17.8 Å². The van der Waals surface area contributed by atoms with Crippen molar-refractivity contribution in [2.45, 2.75) is 37.0 Å². The molecule has 9 heteroatoms. The molecule has 3 heterocycles. The van der Waals surface area contributed by atoms with E-state index in [1.165, 1.54) is 28.6 Å². The van der Waals surface area contributed by atoms with E-state index in [-0.39, 0.29) is 10.8 Å². The van der Waals surface area contributed by atoms with Gasteiger partial charge >= 0.3 is 5.69 Å². The van der Waals surface area contributed by atoms with E-state index in [2.05, 4.69) is 9.97 Å². The van der Waals surface area contributed by atoms with Crippen molar-refractivity contribution < 1.29 is 13.5 Å². The molecule has 4 rings (SSSR count). The molecular formula is C21H24N4O4S. The Labute approximate surface area is 174 Å². The van der Waals surface area contributed by atoms with E-state index >= 15 is 0 Å². The normalized spacial score (nSPS) is 15.5. The molecule has 30 heavy (non-hydrogen) atoms. The molecule has 0 atom stereocenters. The van der Waals surface area contributed by atoms with Gasteiger partial charge in [-0.2, -0.15) is 4.31 Å². The molecule has 0 amide bonds. The van der Waals surface area contributed by atoms with E-state index in [1.807, 2.05) is 26.0 Å². The molecular weight excluding hydrogens is 404 g/mol. The Morgan fingerprint density at radius 1 is 1.03 bits per heavy atom. The van der Waals surface area contributed by atoms with Crippen molar-refractivity contribution in [1.29, 1.82) is 0 Å². The molecule has 8 nitrogen and oxygen atoms in total. The van der Waals surface area contributed by atoms with Gasteiger partial charge in [-0.15, -0.1) is 0 Å². The first kappa shape index (κ1) is 20.4. The van der Waals surface area contributed by atoms with Gasteiger partial charge in [0.25, 0.3) is 0 Å². The minimum atomic E-state index is -3.54. The lowest BCUT2D eigenvalue weighted by Gasteiger charge is -2.23. The van der Waals surface area contributed by atoms with E-state index in [1.54, 1.807) is 12.4 Å². The summed E-state index contributed by atoms with van der Waals surface area (Å²) in [5.41, 5.74) is 0.461. The molecule has 3 aromatic rings. The Morgan fingerprint density at radius 3 is 2.23 bits per heavy atom. The van der Waals surface area contributed by atoms with Crippen molar-refractivity contribution in [3.63, 3.8) is 0 Å². The third-order valence-corrected chi connectivity index (χ3v) is 7.61. The van der Waals surface area contributed by atoms with Gasteiger partial charge in [-0.3, -0.25) is 4.98 Å². The number of aromatic hydroxyl groups is 1. The highest BCUT2D eigenvalue weighted by Gasteiger charge is 2.31. The molecule has 0 bridgehead atoms. The maximum atomic E-state index is 12.7. The van der Waals surface area contributed by atoms with Crippen LogP contribution in [0.2, 0.25) is 0 Å². The first-order valence-corrected chi connectivity index (χ1v) is 11.2. The zero-order chi connectivity index (χ0) is 21.5. The number of imidazole rings is 1. The van der Waals surface area contributed by atoms with Gasteiger partial charge in [0.05, 0.1) is 16.3 Å². The van der Waals surface area contributed by atoms with Crippen molar-refractivity contribution in [2.24, 2.45) is 0 Å².